The van der Waals surface area contributed by atoms with E-state index in [4.69, 9.17) is 13.9 Å². The third-order valence-corrected chi connectivity index (χ3v) is 7.42. The van der Waals surface area contributed by atoms with Gasteiger partial charge < -0.3 is 13.9 Å². The predicted octanol–water partition coefficient (Wildman–Crippen LogP) is 4.71. The van der Waals surface area contributed by atoms with Crippen molar-refractivity contribution in [2.75, 3.05) is 13.7 Å². The molecule has 0 amide bonds. The number of furan rings is 1. The summed E-state index contributed by atoms with van der Waals surface area (Å²) in [6, 6.07) is 2.02. The van der Waals surface area contributed by atoms with Crippen molar-refractivity contribution in [3.05, 3.63) is 35.8 Å². The van der Waals surface area contributed by atoms with Gasteiger partial charge in [0.15, 0.2) is 0 Å². The first-order valence-corrected chi connectivity index (χ1v) is 10.3. The van der Waals surface area contributed by atoms with E-state index in [1.54, 1.807) is 6.26 Å². The van der Waals surface area contributed by atoms with Crippen molar-refractivity contribution in [2.24, 2.45) is 22.7 Å². The minimum Gasteiger partial charge on any atom is -0.472 e. The highest BCUT2D eigenvalue weighted by molar-refractivity contribution is 5.90. The van der Waals surface area contributed by atoms with E-state index in [0.717, 1.165) is 38.5 Å². The molecule has 1 fully saturated rings. The van der Waals surface area contributed by atoms with Gasteiger partial charge in [0.25, 0.3) is 0 Å². The predicted molar refractivity (Wildman–Crippen MR) is 105 cm³/mol. The number of methoxy groups -OCH3 is 1. The highest BCUT2D eigenvalue weighted by Crippen LogP contribution is 2.62. The lowest BCUT2D eigenvalue weighted by Gasteiger charge is -2.58. The number of carbonyl (C=O) groups is 2. The Morgan fingerprint density at radius 3 is 2.75 bits per heavy atom. The molecule has 0 N–H and O–H groups in total. The molecule has 0 saturated heterocycles. The molecule has 2 aliphatic rings. The zero-order chi connectivity index (χ0) is 20.4. The van der Waals surface area contributed by atoms with E-state index >= 15 is 0 Å². The molecule has 1 aromatic heterocycles. The summed E-state index contributed by atoms with van der Waals surface area (Å²) < 4.78 is 15.9. The van der Waals surface area contributed by atoms with Gasteiger partial charge in [0.05, 0.1) is 19.6 Å². The maximum atomic E-state index is 12.7. The van der Waals surface area contributed by atoms with Crippen molar-refractivity contribution in [1.29, 1.82) is 0 Å². The van der Waals surface area contributed by atoms with Gasteiger partial charge in [-0.3, -0.25) is 4.79 Å². The largest absolute Gasteiger partial charge is 0.472 e. The van der Waals surface area contributed by atoms with Crippen LogP contribution in [0.15, 0.2) is 34.7 Å². The van der Waals surface area contributed by atoms with Crippen molar-refractivity contribution in [2.45, 2.75) is 59.3 Å². The van der Waals surface area contributed by atoms with E-state index in [-0.39, 0.29) is 29.9 Å². The number of rotatable bonds is 6. The topological polar surface area (TPSA) is 65.7 Å². The summed E-state index contributed by atoms with van der Waals surface area (Å²) in [5.41, 5.74) is 1.47. The second-order valence-corrected chi connectivity index (χ2v) is 8.75. The Kier molecular flexibility index (Phi) is 6.01. The number of aryl methyl sites for hydroxylation is 1. The van der Waals surface area contributed by atoms with Crippen LogP contribution in [0.1, 0.15) is 58.4 Å². The molecule has 4 atom stereocenters. The molecule has 2 aliphatic carbocycles. The van der Waals surface area contributed by atoms with Gasteiger partial charge in [-0.2, -0.15) is 0 Å². The summed E-state index contributed by atoms with van der Waals surface area (Å²) in [7, 11) is 1.43. The average Bonchev–Trinajstić information content (AvgIpc) is 3.21. The van der Waals surface area contributed by atoms with Crippen LogP contribution < -0.4 is 0 Å². The zero-order valence-electron chi connectivity index (χ0n) is 17.5. The number of allylic oxidation sites excluding steroid dienone is 1. The summed E-state index contributed by atoms with van der Waals surface area (Å²) in [5.74, 6) is 0.186. The molecule has 0 bridgehead atoms. The number of fused-ring (bicyclic) bond motifs is 1. The first kappa shape index (κ1) is 20.7. The lowest BCUT2D eigenvalue weighted by atomic mass is 9.46. The molecule has 5 heteroatoms. The summed E-state index contributed by atoms with van der Waals surface area (Å²) in [5, 5.41) is 0. The van der Waals surface area contributed by atoms with Crippen LogP contribution >= 0.6 is 0 Å². The molecule has 0 aliphatic heterocycles. The minimum atomic E-state index is -0.464. The van der Waals surface area contributed by atoms with Gasteiger partial charge >= 0.3 is 11.9 Å². The normalized spacial score (nSPS) is 32.2. The van der Waals surface area contributed by atoms with Gasteiger partial charge in [0.1, 0.15) is 6.61 Å². The van der Waals surface area contributed by atoms with Crippen LogP contribution in [0, 0.1) is 22.7 Å². The Bertz CT molecular complexity index is 734. The van der Waals surface area contributed by atoms with Crippen LogP contribution in [0.25, 0.3) is 0 Å². The third-order valence-electron chi connectivity index (χ3n) is 7.42. The van der Waals surface area contributed by atoms with Crippen LogP contribution in [0.3, 0.4) is 0 Å². The highest BCUT2D eigenvalue weighted by Gasteiger charge is 2.58. The molecule has 0 spiro atoms. The van der Waals surface area contributed by atoms with Crippen LogP contribution in [0.4, 0.5) is 0 Å². The van der Waals surface area contributed by atoms with Gasteiger partial charge in [0.2, 0.25) is 0 Å². The van der Waals surface area contributed by atoms with Crippen LogP contribution in [0.5, 0.6) is 0 Å². The van der Waals surface area contributed by atoms with E-state index < -0.39 is 5.41 Å². The van der Waals surface area contributed by atoms with Crippen molar-refractivity contribution in [1.82, 2.24) is 0 Å². The van der Waals surface area contributed by atoms with E-state index in [9.17, 15) is 9.59 Å². The third kappa shape index (κ3) is 3.63. The summed E-state index contributed by atoms with van der Waals surface area (Å²) in [4.78, 5) is 24.3. The fourth-order valence-electron chi connectivity index (χ4n) is 5.63. The standard InChI is InChI=1S/C23H32O5/c1-16-8-12-23(15-28-17(2)24)19(21(25)26-4)6-5-7-20(23)22(16,3)11-9-18-10-13-27-14-18/h6,10,13-14,16,20H,5,7-9,11-12,15H2,1-4H3. The Balaban J connectivity index is 1.97. The quantitative estimate of drug-likeness (QED) is 0.661. The number of ether oxygens (including phenoxy) is 2. The van der Waals surface area contributed by atoms with Crippen LogP contribution in [0.2, 0.25) is 0 Å². The lowest BCUT2D eigenvalue weighted by molar-refractivity contribution is -0.156. The van der Waals surface area contributed by atoms with E-state index in [1.807, 2.05) is 18.4 Å². The fraction of sp³-hybridized carbons (Fsp3) is 0.652. The molecule has 1 aromatic rings. The SMILES string of the molecule is COC(=O)C1=CCCC2C1(COC(C)=O)CCC(C)C2(C)CCc1ccoc1. The second kappa shape index (κ2) is 8.14. The molecule has 1 heterocycles. The van der Waals surface area contributed by atoms with Crippen LogP contribution in [-0.2, 0) is 25.5 Å². The van der Waals surface area contributed by atoms with Crippen LogP contribution in [-0.4, -0.2) is 25.7 Å². The monoisotopic (exact) mass is 388 g/mol. The molecule has 5 nitrogen and oxygen atoms in total. The second-order valence-electron chi connectivity index (χ2n) is 8.75. The van der Waals surface area contributed by atoms with E-state index in [1.165, 1.54) is 19.6 Å². The van der Waals surface area contributed by atoms with Gasteiger partial charge in [-0.05, 0) is 67.4 Å². The number of esters is 2. The van der Waals surface area contributed by atoms with E-state index in [2.05, 4.69) is 13.8 Å². The number of hydrogen-bond donors (Lipinski definition) is 0. The fourth-order valence-corrected chi connectivity index (χ4v) is 5.63. The average molecular weight is 389 g/mol. The lowest BCUT2D eigenvalue weighted by Crippen LogP contribution is -2.54. The molecule has 1 saturated carbocycles. The molecule has 0 radical (unpaired) electrons. The molecule has 28 heavy (non-hydrogen) atoms. The summed E-state index contributed by atoms with van der Waals surface area (Å²) in [6.07, 6.45) is 11.2. The van der Waals surface area contributed by atoms with Crippen molar-refractivity contribution in [3.8, 4) is 0 Å². The van der Waals surface area contributed by atoms with Gasteiger partial charge in [-0.25, -0.2) is 4.79 Å². The molecular formula is C23H32O5. The van der Waals surface area contributed by atoms with Crippen molar-refractivity contribution >= 4 is 11.9 Å². The van der Waals surface area contributed by atoms with Crippen molar-refractivity contribution in [3.63, 3.8) is 0 Å². The van der Waals surface area contributed by atoms with E-state index in [0.29, 0.717) is 11.5 Å². The van der Waals surface area contributed by atoms with Gasteiger partial charge in [0, 0.05) is 17.9 Å². The maximum Gasteiger partial charge on any atom is 0.334 e. The summed E-state index contributed by atoms with van der Waals surface area (Å²) >= 11 is 0. The molecular weight excluding hydrogens is 356 g/mol. The Labute approximate surface area is 167 Å². The first-order chi connectivity index (χ1) is 13.3. The Hall–Kier alpha value is -2.04. The molecule has 3 rings (SSSR count). The van der Waals surface area contributed by atoms with Crippen molar-refractivity contribution < 1.29 is 23.5 Å². The Morgan fingerprint density at radius 1 is 1.32 bits per heavy atom. The first-order valence-electron chi connectivity index (χ1n) is 10.3. The number of hydrogen-bond acceptors (Lipinski definition) is 5. The minimum absolute atomic E-state index is 0.0310. The summed E-state index contributed by atoms with van der Waals surface area (Å²) in [6.45, 7) is 6.35. The molecule has 4 unspecified atom stereocenters. The van der Waals surface area contributed by atoms with Gasteiger partial charge in [-0.1, -0.05) is 19.9 Å². The number of carbonyl (C=O) groups excluding carboxylic acids is 2. The van der Waals surface area contributed by atoms with Gasteiger partial charge in [-0.15, -0.1) is 0 Å². The molecule has 0 aromatic carbocycles. The Morgan fingerprint density at radius 2 is 2.11 bits per heavy atom. The molecule has 154 valence electrons. The smallest absolute Gasteiger partial charge is 0.334 e. The maximum absolute atomic E-state index is 12.7. The highest BCUT2D eigenvalue weighted by atomic mass is 16.5. The zero-order valence-corrected chi connectivity index (χ0v) is 17.5.